The fourth-order valence-corrected chi connectivity index (χ4v) is 3.02. The Balaban J connectivity index is 1.44. The average Bonchev–Trinajstić information content (AvgIpc) is 3.30. The molecule has 0 radical (unpaired) electrons. The van der Waals surface area contributed by atoms with Gasteiger partial charge in [-0.2, -0.15) is 0 Å². The van der Waals surface area contributed by atoms with Gasteiger partial charge in [-0.05, 0) is 43.7 Å². The van der Waals surface area contributed by atoms with Crippen LogP contribution in [-0.2, 0) is 16.8 Å². The van der Waals surface area contributed by atoms with Crippen LogP contribution in [-0.4, -0.2) is 17.7 Å². The highest BCUT2D eigenvalue weighted by Gasteiger charge is 2.26. The number of benzene rings is 2. The molecule has 1 aliphatic heterocycles. The van der Waals surface area contributed by atoms with Crippen LogP contribution in [0.2, 0.25) is 0 Å². The lowest BCUT2D eigenvalue weighted by Gasteiger charge is -2.27. The summed E-state index contributed by atoms with van der Waals surface area (Å²) >= 11 is 0. The van der Waals surface area contributed by atoms with Crippen molar-refractivity contribution in [3.63, 3.8) is 0 Å². The van der Waals surface area contributed by atoms with Gasteiger partial charge in [-0.1, -0.05) is 24.3 Å². The SMILES string of the molecule is CC(C)(NC(=O)Cc1coc(-c2ccccc2)n1)c1ccc2c(c1)OCO2. The van der Waals surface area contributed by atoms with Crippen LogP contribution in [0.4, 0.5) is 0 Å². The highest BCUT2D eigenvalue weighted by molar-refractivity contribution is 5.79. The summed E-state index contributed by atoms with van der Waals surface area (Å²) < 4.78 is 16.3. The summed E-state index contributed by atoms with van der Waals surface area (Å²) in [6.07, 6.45) is 1.67. The van der Waals surface area contributed by atoms with Crippen LogP contribution >= 0.6 is 0 Å². The third-order valence-corrected chi connectivity index (χ3v) is 4.46. The van der Waals surface area contributed by atoms with E-state index in [1.807, 2.05) is 62.4 Å². The Bertz CT molecular complexity index is 963. The first-order chi connectivity index (χ1) is 13.0. The minimum absolute atomic E-state index is 0.134. The predicted molar refractivity (Wildman–Crippen MR) is 99.4 cm³/mol. The third kappa shape index (κ3) is 3.65. The van der Waals surface area contributed by atoms with E-state index in [0.29, 0.717) is 17.3 Å². The van der Waals surface area contributed by atoms with Gasteiger partial charge < -0.3 is 19.2 Å². The molecule has 0 unspecified atom stereocenters. The maximum atomic E-state index is 12.5. The number of nitrogens with one attached hydrogen (secondary N) is 1. The molecule has 0 saturated heterocycles. The Kier molecular flexibility index (Phi) is 4.32. The molecular formula is C21H20N2O4. The van der Waals surface area contributed by atoms with E-state index >= 15 is 0 Å². The Morgan fingerprint density at radius 1 is 1.11 bits per heavy atom. The summed E-state index contributed by atoms with van der Waals surface area (Å²) in [7, 11) is 0. The third-order valence-electron chi connectivity index (χ3n) is 4.46. The van der Waals surface area contributed by atoms with Crippen molar-refractivity contribution in [2.45, 2.75) is 25.8 Å². The largest absolute Gasteiger partial charge is 0.454 e. The standard InChI is InChI=1S/C21H20N2O4/c1-21(2,15-8-9-17-18(10-15)27-13-26-17)23-19(24)11-16-12-25-20(22-16)14-6-4-3-5-7-14/h3-10,12H,11,13H2,1-2H3,(H,23,24). The van der Waals surface area contributed by atoms with Crippen molar-refractivity contribution in [2.24, 2.45) is 0 Å². The van der Waals surface area contributed by atoms with Crippen LogP contribution in [0.3, 0.4) is 0 Å². The van der Waals surface area contributed by atoms with Crippen molar-refractivity contribution in [1.29, 1.82) is 0 Å². The number of carbonyl (C=O) groups is 1. The first kappa shape index (κ1) is 17.1. The molecule has 1 aliphatic rings. The second-order valence-electron chi connectivity index (χ2n) is 6.93. The molecule has 138 valence electrons. The number of fused-ring (bicyclic) bond motifs is 1. The number of rotatable bonds is 5. The fraction of sp³-hybridized carbons (Fsp3) is 0.238. The van der Waals surface area contributed by atoms with Gasteiger partial charge >= 0.3 is 0 Å². The van der Waals surface area contributed by atoms with Crippen LogP contribution in [0.15, 0.2) is 59.2 Å². The van der Waals surface area contributed by atoms with Crippen LogP contribution < -0.4 is 14.8 Å². The maximum absolute atomic E-state index is 12.5. The minimum Gasteiger partial charge on any atom is -0.454 e. The zero-order valence-corrected chi connectivity index (χ0v) is 15.2. The van der Waals surface area contributed by atoms with E-state index < -0.39 is 5.54 Å². The molecule has 6 nitrogen and oxygen atoms in total. The number of aromatic nitrogens is 1. The molecule has 0 saturated carbocycles. The molecule has 6 heteroatoms. The number of amides is 1. The second-order valence-corrected chi connectivity index (χ2v) is 6.93. The Labute approximate surface area is 157 Å². The number of hydrogen-bond acceptors (Lipinski definition) is 5. The molecule has 1 aromatic heterocycles. The first-order valence-electron chi connectivity index (χ1n) is 8.72. The highest BCUT2D eigenvalue weighted by Crippen LogP contribution is 2.35. The fourth-order valence-electron chi connectivity index (χ4n) is 3.02. The topological polar surface area (TPSA) is 73.6 Å². The van der Waals surface area contributed by atoms with E-state index in [2.05, 4.69) is 10.3 Å². The van der Waals surface area contributed by atoms with Gasteiger partial charge in [-0.3, -0.25) is 4.79 Å². The lowest BCUT2D eigenvalue weighted by Crippen LogP contribution is -2.41. The second kappa shape index (κ2) is 6.79. The summed E-state index contributed by atoms with van der Waals surface area (Å²) in [5.41, 5.74) is 1.84. The van der Waals surface area contributed by atoms with Crippen LogP contribution in [0.1, 0.15) is 25.1 Å². The van der Waals surface area contributed by atoms with Gasteiger partial charge in [-0.25, -0.2) is 4.98 Å². The van der Waals surface area contributed by atoms with Gasteiger partial charge in [0.1, 0.15) is 6.26 Å². The van der Waals surface area contributed by atoms with Crippen molar-refractivity contribution >= 4 is 5.91 Å². The molecule has 0 atom stereocenters. The number of nitrogens with zero attached hydrogens (tertiary/aromatic N) is 1. The van der Waals surface area contributed by atoms with Gasteiger partial charge in [-0.15, -0.1) is 0 Å². The van der Waals surface area contributed by atoms with E-state index in [9.17, 15) is 4.79 Å². The van der Waals surface area contributed by atoms with Gasteiger partial charge in [0.15, 0.2) is 11.5 Å². The summed E-state index contributed by atoms with van der Waals surface area (Å²) in [5, 5.41) is 3.04. The Hall–Kier alpha value is -3.28. The van der Waals surface area contributed by atoms with Gasteiger partial charge in [0.25, 0.3) is 0 Å². The summed E-state index contributed by atoms with van der Waals surface area (Å²) in [5.74, 6) is 1.79. The number of ether oxygens (including phenoxy) is 2. The number of hydrogen-bond donors (Lipinski definition) is 1. The molecule has 0 bridgehead atoms. The number of oxazole rings is 1. The predicted octanol–water partition coefficient (Wildman–Crippen LogP) is 3.66. The first-order valence-corrected chi connectivity index (χ1v) is 8.72. The Morgan fingerprint density at radius 3 is 2.70 bits per heavy atom. The van der Waals surface area contributed by atoms with E-state index in [1.165, 1.54) is 6.26 Å². The Morgan fingerprint density at radius 2 is 1.89 bits per heavy atom. The van der Waals surface area contributed by atoms with Crippen LogP contribution in [0, 0.1) is 0 Å². The lowest BCUT2D eigenvalue weighted by molar-refractivity contribution is -0.122. The van der Waals surface area contributed by atoms with Gasteiger partial charge in [0.2, 0.25) is 18.6 Å². The minimum atomic E-state index is -0.565. The quantitative estimate of drug-likeness (QED) is 0.748. The molecule has 0 aliphatic carbocycles. The monoisotopic (exact) mass is 364 g/mol. The average molecular weight is 364 g/mol. The summed E-state index contributed by atoms with van der Waals surface area (Å²) in [4.78, 5) is 16.9. The normalized spacial score (nSPS) is 12.8. The maximum Gasteiger partial charge on any atom is 0.231 e. The smallest absolute Gasteiger partial charge is 0.231 e. The molecule has 4 rings (SSSR count). The van der Waals surface area contributed by atoms with Crippen LogP contribution in [0.25, 0.3) is 11.5 Å². The molecular weight excluding hydrogens is 344 g/mol. The van der Waals surface area contributed by atoms with E-state index in [-0.39, 0.29) is 19.1 Å². The van der Waals surface area contributed by atoms with Crippen molar-refractivity contribution in [1.82, 2.24) is 10.3 Å². The number of carbonyl (C=O) groups excluding carboxylic acids is 1. The van der Waals surface area contributed by atoms with Crippen molar-refractivity contribution < 1.29 is 18.7 Å². The van der Waals surface area contributed by atoms with E-state index in [1.54, 1.807) is 0 Å². The zero-order chi connectivity index (χ0) is 18.9. The molecule has 27 heavy (non-hydrogen) atoms. The molecule has 0 fully saturated rings. The highest BCUT2D eigenvalue weighted by atomic mass is 16.7. The molecule has 1 amide bonds. The summed E-state index contributed by atoms with van der Waals surface area (Å²) in [6.45, 7) is 4.11. The molecule has 2 aromatic carbocycles. The lowest BCUT2D eigenvalue weighted by atomic mass is 9.93. The molecule has 3 aromatic rings. The van der Waals surface area contributed by atoms with Crippen molar-refractivity contribution in [3.05, 3.63) is 66.1 Å². The molecule has 0 spiro atoms. The summed E-state index contributed by atoms with van der Waals surface area (Å²) in [6, 6.07) is 15.3. The van der Waals surface area contributed by atoms with E-state index in [4.69, 9.17) is 13.9 Å². The van der Waals surface area contributed by atoms with Gasteiger partial charge in [0.05, 0.1) is 17.7 Å². The van der Waals surface area contributed by atoms with Crippen molar-refractivity contribution in [3.8, 4) is 23.0 Å². The van der Waals surface area contributed by atoms with Crippen LogP contribution in [0.5, 0.6) is 11.5 Å². The van der Waals surface area contributed by atoms with Crippen molar-refractivity contribution in [2.75, 3.05) is 6.79 Å². The zero-order valence-electron chi connectivity index (χ0n) is 15.2. The molecule has 2 heterocycles. The van der Waals surface area contributed by atoms with E-state index in [0.717, 1.165) is 16.9 Å². The van der Waals surface area contributed by atoms with Gasteiger partial charge in [0, 0.05) is 5.56 Å². The molecule has 1 N–H and O–H groups in total.